The Labute approximate surface area is 148 Å². The Bertz CT molecular complexity index is 1010. The van der Waals surface area contributed by atoms with E-state index in [9.17, 15) is 14.4 Å². The summed E-state index contributed by atoms with van der Waals surface area (Å²) in [6.45, 7) is 1.57. The third-order valence-electron chi connectivity index (χ3n) is 3.61. The molecule has 3 rings (SSSR count). The standard InChI is InChI=1S/C18H18N4O4/c1-11-3-2-4-13(7-11)26-10-17(24)19-9-16(23)20-12-5-6-14-15(8-12)22-18(25)21-14/h2-8H,9-10H2,1H3,(H,19,24)(H,20,23)(H2,21,22,25). The summed E-state index contributed by atoms with van der Waals surface area (Å²) in [7, 11) is 0. The van der Waals surface area contributed by atoms with Crippen molar-refractivity contribution in [2.75, 3.05) is 18.5 Å². The number of carbonyl (C=O) groups excluding carboxylic acids is 2. The summed E-state index contributed by atoms with van der Waals surface area (Å²) in [5.74, 6) is -0.184. The lowest BCUT2D eigenvalue weighted by Crippen LogP contribution is -2.35. The number of anilines is 1. The van der Waals surface area contributed by atoms with Crippen molar-refractivity contribution >= 4 is 28.5 Å². The van der Waals surface area contributed by atoms with E-state index in [4.69, 9.17) is 4.74 Å². The van der Waals surface area contributed by atoms with Crippen LogP contribution in [0.4, 0.5) is 5.69 Å². The molecular weight excluding hydrogens is 336 g/mol. The number of carbonyl (C=O) groups is 2. The fraction of sp³-hybridized carbons (Fsp3) is 0.167. The lowest BCUT2D eigenvalue weighted by molar-refractivity contribution is -0.125. The van der Waals surface area contributed by atoms with Crippen LogP contribution in [-0.4, -0.2) is 34.9 Å². The van der Waals surface area contributed by atoms with Gasteiger partial charge in [-0.15, -0.1) is 0 Å². The summed E-state index contributed by atoms with van der Waals surface area (Å²) in [6.07, 6.45) is 0. The zero-order chi connectivity index (χ0) is 18.5. The van der Waals surface area contributed by atoms with E-state index >= 15 is 0 Å². The van der Waals surface area contributed by atoms with Gasteiger partial charge in [-0.25, -0.2) is 4.79 Å². The maximum Gasteiger partial charge on any atom is 0.323 e. The maximum absolute atomic E-state index is 11.9. The second-order valence-electron chi connectivity index (χ2n) is 5.77. The summed E-state index contributed by atoms with van der Waals surface area (Å²) < 4.78 is 5.37. The van der Waals surface area contributed by atoms with Gasteiger partial charge >= 0.3 is 5.69 Å². The minimum Gasteiger partial charge on any atom is -0.484 e. The van der Waals surface area contributed by atoms with E-state index in [1.54, 1.807) is 24.3 Å². The van der Waals surface area contributed by atoms with Crippen LogP contribution in [0.2, 0.25) is 0 Å². The predicted molar refractivity (Wildman–Crippen MR) is 97.2 cm³/mol. The molecule has 8 heteroatoms. The lowest BCUT2D eigenvalue weighted by Gasteiger charge is -2.09. The zero-order valence-corrected chi connectivity index (χ0v) is 14.1. The van der Waals surface area contributed by atoms with Crippen molar-refractivity contribution in [1.29, 1.82) is 0 Å². The molecule has 0 atom stereocenters. The van der Waals surface area contributed by atoms with Crippen molar-refractivity contribution in [1.82, 2.24) is 15.3 Å². The number of rotatable bonds is 6. The van der Waals surface area contributed by atoms with Gasteiger partial charge in [0.25, 0.3) is 5.91 Å². The number of aromatic nitrogens is 2. The number of fused-ring (bicyclic) bond motifs is 1. The second kappa shape index (κ2) is 7.56. The third kappa shape index (κ3) is 4.50. The number of hydrogen-bond donors (Lipinski definition) is 4. The van der Waals surface area contributed by atoms with Crippen LogP contribution in [0.1, 0.15) is 5.56 Å². The molecule has 0 aliphatic rings. The fourth-order valence-corrected chi connectivity index (χ4v) is 2.40. The van der Waals surface area contributed by atoms with Gasteiger partial charge in [-0.05, 0) is 42.8 Å². The number of amides is 2. The number of ether oxygens (including phenoxy) is 1. The molecule has 1 heterocycles. The van der Waals surface area contributed by atoms with Crippen LogP contribution in [0, 0.1) is 6.92 Å². The third-order valence-corrected chi connectivity index (χ3v) is 3.61. The first-order valence-corrected chi connectivity index (χ1v) is 7.98. The number of H-pyrrole nitrogens is 2. The smallest absolute Gasteiger partial charge is 0.323 e. The SMILES string of the molecule is Cc1cccc(OCC(=O)NCC(=O)Nc2ccc3[nH]c(=O)[nH]c3c2)c1. The Hall–Kier alpha value is -3.55. The van der Waals surface area contributed by atoms with Crippen LogP contribution in [0.5, 0.6) is 5.75 Å². The molecule has 0 spiro atoms. The van der Waals surface area contributed by atoms with Gasteiger partial charge < -0.3 is 25.3 Å². The van der Waals surface area contributed by atoms with Gasteiger partial charge in [0.1, 0.15) is 5.75 Å². The van der Waals surface area contributed by atoms with Crippen LogP contribution in [0.3, 0.4) is 0 Å². The van der Waals surface area contributed by atoms with Gasteiger partial charge in [0.2, 0.25) is 5.91 Å². The molecule has 0 saturated carbocycles. The number of aromatic amines is 2. The highest BCUT2D eigenvalue weighted by molar-refractivity contribution is 5.96. The summed E-state index contributed by atoms with van der Waals surface area (Å²) >= 11 is 0. The van der Waals surface area contributed by atoms with E-state index in [2.05, 4.69) is 20.6 Å². The van der Waals surface area contributed by atoms with Gasteiger partial charge in [-0.1, -0.05) is 12.1 Å². The van der Waals surface area contributed by atoms with Crippen molar-refractivity contribution in [2.45, 2.75) is 6.92 Å². The molecule has 2 amide bonds. The van der Waals surface area contributed by atoms with Crippen LogP contribution in [0.25, 0.3) is 11.0 Å². The van der Waals surface area contributed by atoms with Crippen molar-refractivity contribution < 1.29 is 14.3 Å². The second-order valence-corrected chi connectivity index (χ2v) is 5.77. The van der Waals surface area contributed by atoms with Gasteiger partial charge in [-0.3, -0.25) is 9.59 Å². The van der Waals surface area contributed by atoms with Crippen molar-refractivity contribution in [2.24, 2.45) is 0 Å². The number of nitrogens with one attached hydrogen (secondary N) is 4. The molecule has 0 aliphatic carbocycles. The first kappa shape index (κ1) is 17.3. The van der Waals surface area contributed by atoms with Gasteiger partial charge in [0, 0.05) is 5.69 Å². The average Bonchev–Trinajstić information content (AvgIpc) is 2.97. The number of imidazole rings is 1. The average molecular weight is 354 g/mol. The summed E-state index contributed by atoms with van der Waals surface area (Å²) in [6, 6.07) is 12.3. The molecule has 26 heavy (non-hydrogen) atoms. The molecule has 0 fully saturated rings. The molecular formula is C18H18N4O4. The first-order chi connectivity index (χ1) is 12.5. The van der Waals surface area contributed by atoms with Gasteiger partial charge in [-0.2, -0.15) is 0 Å². The highest BCUT2D eigenvalue weighted by atomic mass is 16.5. The van der Waals surface area contributed by atoms with Crippen LogP contribution in [0.15, 0.2) is 47.3 Å². The monoisotopic (exact) mass is 354 g/mol. The molecule has 2 aromatic carbocycles. The predicted octanol–water partition coefficient (Wildman–Crippen LogP) is 1.30. The van der Waals surface area contributed by atoms with Gasteiger partial charge in [0.15, 0.2) is 6.61 Å². The minimum absolute atomic E-state index is 0.173. The Balaban J connectivity index is 1.46. The zero-order valence-electron chi connectivity index (χ0n) is 14.1. The fourth-order valence-electron chi connectivity index (χ4n) is 2.40. The van der Waals surface area contributed by atoms with E-state index in [1.807, 2.05) is 25.1 Å². The topological polar surface area (TPSA) is 116 Å². The Morgan fingerprint density at radius 2 is 1.85 bits per heavy atom. The summed E-state index contributed by atoms with van der Waals surface area (Å²) in [4.78, 5) is 40.2. The van der Waals surface area contributed by atoms with E-state index in [-0.39, 0.29) is 24.7 Å². The van der Waals surface area contributed by atoms with Gasteiger partial charge in [0.05, 0.1) is 17.6 Å². The lowest BCUT2D eigenvalue weighted by atomic mass is 10.2. The van der Waals surface area contributed by atoms with Crippen LogP contribution >= 0.6 is 0 Å². The molecule has 0 unspecified atom stereocenters. The van der Waals surface area contributed by atoms with Crippen LogP contribution in [-0.2, 0) is 9.59 Å². The maximum atomic E-state index is 11.9. The molecule has 134 valence electrons. The Morgan fingerprint density at radius 3 is 2.65 bits per heavy atom. The number of aryl methyl sites for hydroxylation is 1. The van der Waals surface area contributed by atoms with E-state index in [0.717, 1.165) is 5.56 Å². The molecule has 0 aliphatic heterocycles. The highest BCUT2D eigenvalue weighted by Gasteiger charge is 2.08. The molecule has 0 saturated heterocycles. The van der Waals surface area contributed by atoms with Crippen molar-refractivity contribution in [3.63, 3.8) is 0 Å². The molecule has 0 radical (unpaired) electrons. The largest absolute Gasteiger partial charge is 0.484 e. The van der Waals surface area contributed by atoms with E-state index < -0.39 is 5.91 Å². The Kier molecular flexibility index (Phi) is 5.02. The molecule has 3 aromatic rings. The molecule has 4 N–H and O–H groups in total. The normalized spacial score (nSPS) is 10.5. The van der Waals surface area contributed by atoms with Crippen molar-refractivity contribution in [3.8, 4) is 5.75 Å². The molecule has 0 bridgehead atoms. The summed E-state index contributed by atoms with van der Waals surface area (Å²) in [5, 5.41) is 5.14. The van der Waals surface area contributed by atoms with E-state index in [0.29, 0.717) is 22.5 Å². The first-order valence-electron chi connectivity index (χ1n) is 7.98. The Morgan fingerprint density at radius 1 is 1.04 bits per heavy atom. The molecule has 1 aromatic heterocycles. The number of hydrogen-bond acceptors (Lipinski definition) is 4. The van der Waals surface area contributed by atoms with E-state index in [1.165, 1.54) is 0 Å². The number of benzene rings is 2. The quantitative estimate of drug-likeness (QED) is 0.534. The summed E-state index contributed by atoms with van der Waals surface area (Å²) in [5.41, 5.74) is 2.47. The highest BCUT2D eigenvalue weighted by Crippen LogP contribution is 2.14. The van der Waals surface area contributed by atoms with Crippen LogP contribution < -0.4 is 21.1 Å². The van der Waals surface area contributed by atoms with Crippen molar-refractivity contribution in [3.05, 3.63) is 58.5 Å². The molecule has 8 nitrogen and oxygen atoms in total. The minimum atomic E-state index is -0.396.